The zero-order valence-electron chi connectivity index (χ0n) is 27.1. The lowest BCUT2D eigenvalue weighted by atomic mass is 9.50. The average Bonchev–Trinajstić information content (AvgIpc) is 3.60. The summed E-state index contributed by atoms with van der Waals surface area (Å²) in [4.78, 5) is 55.3. The first-order chi connectivity index (χ1) is 21.6. The molecule has 46 heavy (non-hydrogen) atoms. The van der Waals surface area contributed by atoms with Crippen LogP contribution in [-0.2, 0) is 40.4 Å². The summed E-state index contributed by atoms with van der Waals surface area (Å²) in [6, 6.07) is 1.35. The van der Waals surface area contributed by atoms with Crippen molar-refractivity contribution in [3.8, 4) is 11.5 Å². The van der Waals surface area contributed by atoms with Gasteiger partial charge in [-0.25, -0.2) is 14.4 Å². The maximum Gasteiger partial charge on any atom is 0.410 e. The second-order valence-corrected chi connectivity index (χ2v) is 14.2. The Bertz CT molecular complexity index is 1500. The molecule has 2 fully saturated rings. The minimum absolute atomic E-state index is 0.0434. The molecule has 0 unspecified atom stereocenters. The Labute approximate surface area is 267 Å². The summed E-state index contributed by atoms with van der Waals surface area (Å²) in [5.74, 6) is -1.78. The summed E-state index contributed by atoms with van der Waals surface area (Å²) in [6.45, 7) is 9.06. The van der Waals surface area contributed by atoms with Crippen molar-refractivity contribution in [1.82, 2.24) is 15.1 Å². The first kappa shape index (κ1) is 32.1. The van der Waals surface area contributed by atoms with Gasteiger partial charge in [0.25, 0.3) is 0 Å². The molecule has 3 aliphatic heterocycles. The van der Waals surface area contributed by atoms with Gasteiger partial charge in [-0.3, -0.25) is 9.69 Å². The van der Waals surface area contributed by atoms with Crippen LogP contribution in [0.5, 0.6) is 11.5 Å². The van der Waals surface area contributed by atoms with E-state index in [0.29, 0.717) is 44.5 Å². The third kappa shape index (κ3) is 4.98. The van der Waals surface area contributed by atoms with Crippen LogP contribution in [0.3, 0.4) is 0 Å². The molecule has 5 aliphatic rings. The second-order valence-electron chi connectivity index (χ2n) is 14.2. The van der Waals surface area contributed by atoms with E-state index in [1.165, 1.54) is 18.7 Å². The lowest BCUT2D eigenvalue weighted by Gasteiger charge is -2.61. The number of nitrogens with zero attached hydrogens (tertiary/aromatic N) is 2. The lowest BCUT2D eigenvalue weighted by molar-refractivity contribution is -0.176. The van der Waals surface area contributed by atoms with E-state index in [1.54, 1.807) is 32.9 Å². The number of ether oxygens (including phenoxy) is 4. The van der Waals surface area contributed by atoms with Crippen LogP contribution >= 0.6 is 0 Å². The number of nitrogens with one attached hydrogen (secondary N) is 1. The van der Waals surface area contributed by atoms with Crippen LogP contribution in [0, 0.1) is 0 Å². The highest BCUT2D eigenvalue weighted by Gasteiger charge is 2.72. The summed E-state index contributed by atoms with van der Waals surface area (Å²) >= 11 is 0. The molecule has 1 aromatic rings. The van der Waals surface area contributed by atoms with Gasteiger partial charge in [-0.05, 0) is 91.6 Å². The van der Waals surface area contributed by atoms with E-state index in [9.17, 15) is 29.4 Å². The fourth-order valence-electron chi connectivity index (χ4n) is 7.91. The third-order valence-electron chi connectivity index (χ3n) is 10.1. The molecule has 1 aromatic carbocycles. The maximum atomic E-state index is 13.3. The van der Waals surface area contributed by atoms with Crippen molar-refractivity contribution in [3.63, 3.8) is 0 Å². The molecular formula is C33H43N3O10. The molecule has 0 aromatic heterocycles. The van der Waals surface area contributed by atoms with E-state index in [1.807, 2.05) is 13.1 Å². The van der Waals surface area contributed by atoms with Gasteiger partial charge in [-0.1, -0.05) is 6.07 Å². The number of hydrogen-bond donors (Lipinski definition) is 3. The summed E-state index contributed by atoms with van der Waals surface area (Å²) in [5.41, 5.74) is -1.11. The molecule has 2 amide bonds. The number of rotatable bonds is 6. The number of benzene rings is 1. The van der Waals surface area contributed by atoms with E-state index in [2.05, 4.69) is 10.2 Å². The molecule has 2 saturated heterocycles. The number of hydrogen-bond acceptors (Lipinski definition) is 11. The van der Waals surface area contributed by atoms with Crippen molar-refractivity contribution in [2.45, 2.75) is 114 Å². The van der Waals surface area contributed by atoms with Crippen molar-refractivity contribution < 1.29 is 48.3 Å². The molecular weight excluding hydrogens is 598 g/mol. The molecule has 13 nitrogen and oxygen atoms in total. The van der Waals surface area contributed by atoms with Gasteiger partial charge in [0, 0.05) is 24.6 Å². The van der Waals surface area contributed by atoms with Crippen LogP contribution in [0.1, 0.15) is 71.4 Å². The number of piperidine rings is 1. The van der Waals surface area contributed by atoms with Crippen molar-refractivity contribution in [1.29, 1.82) is 0 Å². The molecule has 13 heteroatoms. The van der Waals surface area contributed by atoms with Crippen molar-refractivity contribution >= 4 is 23.9 Å². The number of aliphatic hydroxyl groups is 1. The highest BCUT2D eigenvalue weighted by atomic mass is 16.6. The number of likely N-dealkylation sites (N-methyl/N-ethyl adjacent to an activating group) is 1. The Kier molecular flexibility index (Phi) is 7.78. The maximum absolute atomic E-state index is 13.3. The monoisotopic (exact) mass is 641 g/mol. The van der Waals surface area contributed by atoms with Gasteiger partial charge in [0.15, 0.2) is 23.7 Å². The van der Waals surface area contributed by atoms with Gasteiger partial charge < -0.3 is 39.4 Å². The number of carbonyl (C=O) groups is 4. The Balaban J connectivity index is 1.11. The Morgan fingerprint density at radius 3 is 2.59 bits per heavy atom. The topological polar surface area (TPSA) is 164 Å². The van der Waals surface area contributed by atoms with Crippen LogP contribution in [0.4, 0.5) is 4.79 Å². The summed E-state index contributed by atoms with van der Waals surface area (Å²) < 4.78 is 22.9. The molecule has 0 radical (unpaired) electrons. The van der Waals surface area contributed by atoms with E-state index in [4.69, 9.17) is 18.9 Å². The molecule has 6 rings (SSSR count). The minimum Gasteiger partial charge on any atom is -0.504 e. The number of aromatic hydroxyl groups is 1. The van der Waals surface area contributed by atoms with Crippen molar-refractivity contribution in [2.75, 3.05) is 20.1 Å². The predicted octanol–water partition coefficient (Wildman–Crippen LogP) is 2.05. The first-order valence-corrected chi connectivity index (χ1v) is 15.9. The molecule has 3 N–H and O–H groups in total. The molecule has 0 saturated carbocycles. The van der Waals surface area contributed by atoms with Crippen LogP contribution < -0.4 is 10.1 Å². The van der Waals surface area contributed by atoms with Gasteiger partial charge in [-0.15, -0.1) is 0 Å². The summed E-state index contributed by atoms with van der Waals surface area (Å²) in [6.07, 6.45) is 1.21. The Morgan fingerprint density at radius 2 is 1.87 bits per heavy atom. The van der Waals surface area contributed by atoms with Crippen LogP contribution in [0.15, 0.2) is 24.0 Å². The molecule has 2 aliphatic carbocycles. The zero-order valence-corrected chi connectivity index (χ0v) is 27.1. The normalized spacial score (nSPS) is 30.7. The fraction of sp³-hybridized carbons (Fsp3) is 0.636. The second kappa shape index (κ2) is 11.2. The van der Waals surface area contributed by atoms with Gasteiger partial charge in [-0.2, -0.15) is 0 Å². The smallest absolute Gasteiger partial charge is 0.410 e. The van der Waals surface area contributed by atoms with Crippen molar-refractivity contribution in [3.05, 3.63) is 35.1 Å². The zero-order chi connectivity index (χ0) is 33.3. The largest absolute Gasteiger partial charge is 0.504 e. The van der Waals surface area contributed by atoms with Gasteiger partial charge in [0.1, 0.15) is 23.4 Å². The van der Waals surface area contributed by atoms with E-state index < -0.39 is 64.8 Å². The van der Waals surface area contributed by atoms with Crippen LogP contribution in [0.25, 0.3) is 0 Å². The molecule has 250 valence electrons. The number of carbonyl (C=O) groups excluding carboxylic acids is 4. The van der Waals surface area contributed by atoms with Gasteiger partial charge in [0.2, 0.25) is 5.91 Å². The number of phenolic OH excluding ortho intramolecular Hbond substituents is 1. The predicted molar refractivity (Wildman–Crippen MR) is 162 cm³/mol. The average molecular weight is 642 g/mol. The van der Waals surface area contributed by atoms with Crippen LogP contribution in [-0.4, -0.2) is 106 Å². The van der Waals surface area contributed by atoms with Crippen LogP contribution in [0.2, 0.25) is 0 Å². The quantitative estimate of drug-likeness (QED) is 0.308. The molecule has 1 spiro atoms. The number of likely N-dealkylation sites (tertiary alicyclic amines) is 2. The lowest BCUT2D eigenvalue weighted by Crippen LogP contribution is -2.74. The van der Waals surface area contributed by atoms with E-state index in [0.717, 1.165) is 11.1 Å². The van der Waals surface area contributed by atoms with Crippen molar-refractivity contribution in [2.24, 2.45) is 0 Å². The molecule has 2 bridgehead atoms. The standard InChI is InChI=1S/C33H43N3O10/c1-17(34-27(38)20-8-7-14-36(20)30(41)46-31(3,4)5)28(39)43-18(2)29(40)44-22-11-12-33(42)23-16-19-9-10-21(37)25-24(19)32(33,26(22)45-25)13-15-35(23)6/h9-11,17-18,20,23,26,37,42H,7-8,12-16H2,1-6H3,(H,34,38)/t17-,18-,20-,23+,26-,32-,33+/m0/s1. The SMILES string of the molecule is C[C@H](NC(=O)[C@@H]1CCCN1C(=O)OC(C)(C)C)C(=O)O[C@@H](C)C(=O)OC1=CC[C@@]2(O)[C@H]3Cc4ccc(O)c5c4[C@@]2(CCN3C)[C@H]1O5. The fourth-order valence-corrected chi connectivity index (χ4v) is 7.91. The highest BCUT2D eigenvalue weighted by Crippen LogP contribution is 2.65. The summed E-state index contributed by atoms with van der Waals surface area (Å²) in [7, 11) is 1.98. The molecule has 3 heterocycles. The van der Waals surface area contributed by atoms with E-state index in [-0.39, 0.29) is 24.0 Å². The van der Waals surface area contributed by atoms with Gasteiger partial charge >= 0.3 is 18.0 Å². The first-order valence-electron chi connectivity index (χ1n) is 15.9. The summed E-state index contributed by atoms with van der Waals surface area (Å²) in [5, 5.41) is 25.5. The highest BCUT2D eigenvalue weighted by molar-refractivity contribution is 5.90. The Hall–Kier alpha value is -3.84. The van der Waals surface area contributed by atoms with Gasteiger partial charge in [0.05, 0.1) is 11.0 Å². The third-order valence-corrected chi connectivity index (χ3v) is 10.1. The minimum atomic E-state index is -1.33. The van der Waals surface area contributed by atoms with E-state index >= 15 is 0 Å². The number of esters is 2. The number of phenols is 1. The number of amides is 2. The molecule has 7 atom stereocenters. The Morgan fingerprint density at radius 1 is 1.13 bits per heavy atom.